The van der Waals surface area contributed by atoms with E-state index in [1.165, 1.54) is 12.1 Å². The molecule has 0 amide bonds. The lowest BCUT2D eigenvalue weighted by molar-refractivity contribution is 0.400. The van der Waals surface area contributed by atoms with E-state index in [2.05, 4.69) is 10.0 Å². The van der Waals surface area contributed by atoms with E-state index in [-0.39, 0.29) is 24.6 Å². The summed E-state index contributed by atoms with van der Waals surface area (Å²) in [4.78, 5) is 0. The van der Waals surface area contributed by atoms with E-state index >= 15 is 0 Å². The van der Waals surface area contributed by atoms with Crippen molar-refractivity contribution < 1.29 is 17.2 Å². The average Bonchev–Trinajstić information content (AvgIpc) is 2.37. The molecule has 0 aliphatic carbocycles. The first kappa shape index (κ1) is 16.3. The lowest BCUT2D eigenvalue weighted by atomic mass is 10.0. The third-order valence-corrected chi connectivity index (χ3v) is 5.13. The van der Waals surface area contributed by atoms with Crippen molar-refractivity contribution in [1.29, 1.82) is 0 Å². The standard InChI is InChI=1S/C14H20F2N2O2S/c15-13-7-12(8-14(16)9-13)3-6-18-21(19,20)10-11-1-4-17-5-2-11/h7-9,11,17-18H,1-6,10H2. The summed E-state index contributed by atoms with van der Waals surface area (Å²) in [6.07, 6.45) is 1.98. The number of nitrogens with one attached hydrogen (secondary N) is 2. The summed E-state index contributed by atoms with van der Waals surface area (Å²) in [6, 6.07) is 3.22. The second-order valence-electron chi connectivity index (χ2n) is 5.40. The maximum Gasteiger partial charge on any atom is 0.211 e. The third kappa shape index (κ3) is 5.68. The highest BCUT2D eigenvalue weighted by atomic mass is 32.2. The predicted molar refractivity (Wildman–Crippen MR) is 77.4 cm³/mol. The highest BCUT2D eigenvalue weighted by molar-refractivity contribution is 7.89. The van der Waals surface area contributed by atoms with E-state index < -0.39 is 21.7 Å². The molecule has 0 spiro atoms. The van der Waals surface area contributed by atoms with Gasteiger partial charge in [0.05, 0.1) is 5.75 Å². The van der Waals surface area contributed by atoms with Crippen molar-refractivity contribution in [3.8, 4) is 0 Å². The average molecular weight is 318 g/mol. The van der Waals surface area contributed by atoms with Crippen LogP contribution in [0.4, 0.5) is 8.78 Å². The van der Waals surface area contributed by atoms with Gasteiger partial charge in [-0.1, -0.05) is 0 Å². The van der Waals surface area contributed by atoms with Gasteiger partial charge in [-0.3, -0.25) is 0 Å². The van der Waals surface area contributed by atoms with Gasteiger partial charge in [0.2, 0.25) is 10.0 Å². The summed E-state index contributed by atoms with van der Waals surface area (Å²) in [5.41, 5.74) is 0.442. The lowest BCUT2D eigenvalue weighted by Gasteiger charge is -2.22. The minimum atomic E-state index is -3.34. The van der Waals surface area contributed by atoms with Crippen LogP contribution in [0.25, 0.3) is 0 Å². The Bertz CT molecular complexity index is 552. The Morgan fingerprint density at radius 3 is 2.38 bits per heavy atom. The molecule has 1 aromatic rings. The zero-order chi connectivity index (χ0) is 15.3. The van der Waals surface area contributed by atoms with Crippen LogP contribution >= 0.6 is 0 Å². The minimum Gasteiger partial charge on any atom is -0.317 e. The van der Waals surface area contributed by atoms with Crippen LogP contribution in [0.1, 0.15) is 18.4 Å². The first-order chi connectivity index (χ1) is 9.94. The molecule has 4 nitrogen and oxygen atoms in total. The predicted octanol–water partition coefficient (Wildman–Crippen LogP) is 1.43. The van der Waals surface area contributed by atoms with Crippen molar-refractivity contribution in [2.24, 2.45) is 5.92 Å². The maximum absolute atomic E-state index is 13.0. The zero-order valence-corrected chi connectivity index (χ0v) is 12.6. The van der Waals surface area contributed by atoms with Crippen LogP contribution in [0, 0.1) is 17.6 Å². The molecule has 1 aliphatic heterocycles. The number of rotatable bonds is 6. The third-order valence-electron chi connectivity index (χ3n) is 3.57. The van der Waals surface area contributed by atoms with Crippen LogP contribution in [0.3, 0.4) is 0 Å². The molecule has 0 bridgehead atoms. The normalized spacial score (nSPS) is 17.0. The largest absolute Gasteiger partial charge is 0.317 e. The SMILES string of the molecule is O=S(=O)(CC1CCNCC1)NCCc1cc(F)cc(F)c1. The molecule has 1 saturated heterocycles. The second kappa shape index (κ2) is 7.29. The van der Waals surface area contributed by atoms with Gasteiger partial charge in [-0.25, -0.2) is 21.9 Å². The molecule has 0 atom stereocenters. The molecule has 2 rings (SSSR count). The summed E-state index contributed by atoms with van der Waals surface area (Å²) >= 11 is 0. The first-order valence-electron chi connectivity index (χ1n) is 7.08. The van der Waals surface area contributed by atoms with E-state index in [4.69, 9.17) is 0 Å². The van der Waals surface area contributed by atoms with Crippen LogP contribution in [-0.2, 0) is 16.4 Å². The maximum atomic E-state index is 13.0. The van der Waals surface area contributed by atoms with E-state index in [1.54, 1.807) is 0 Å². The van der Waals surface area contributed by atoms with Gasteiger partial charge in [-0.2, -0.15) is 0 Å². The number of sulfonamides is 1. The van der Waals surface area contributed by atoms with E-state index in [0.29, 0.717) is 5.56 Å². The van der Waals surface area contributed by atoms with E-state index in [0.717, 1.165) is 32.0 Å². The summed E-state index contributed by atoms with van der Waals surface area (Å²) in [5, 5.41) is 3.19. The van der Waals surface area contributed by atoms with E-state index in [9.17, 15) is 17.2 Å². The highest BCUT2D eigenvalue weighted by Gasteiger charge is 2.20. The Morgan fingerprint density at radius 1 is 1.14 bits per heavy atom. The zero-order valence-electron chi connectivity index (χ0n) is 11.7. The summed E-state index contributed by atoms with van der Waals surface area (Å²) in [6.45, 7) is 1.85. The van der Waals surface area contributed by atoms with Crippen LogP contribution in [-0.4, -0.2) is 33.8 Å². The van der Waals surface area contributed by atoms with Crippen molar-refractivity contribution >= 4 is 10.0 Å². The first-order valence-corrected chi connectivity index (χ1v) is 8.73. The molecule has 1 heterocycles. The molecule has 21 heavy (non-hydrogen) atoms. The summed E-state index contributed by atoms with van der Waals surface area (Å²) in [5.74, 6) is -1.01. The van der Waals surface area contributed by atoms with Gasteiger partial charge in [0.1, 0.15) is 11.6 Å². The summed E-state index contributed by atoms with van der Waals surface area (Å²) < 4.78 is 52.4. The number of hydrogen-bond donors (Lipinski definition) is 2. The van der Waals surface area contributed by atoms with Crippen LogP contribution in [0.2, 0.25) is 0 Å². The molecular weight excluding hydrogens is 298 g/mol. The van der Waals surface area contributed by atoms with Crippen LogP contribution < -0.4 is 10.0 Å². The second-order valence-corrected chi connectivity index (χ2v) is 7.25. The van der Waals surface area contributed by atoms with Crippen LogP contribution in [0.15, 0.2) is 18.2 Å². The number of hydrogen-bond acceptors (Lipinski definition) is 3. The number of piperidine rings is 1. The molecule has 0 aromatic heterocycles. The Kier molecular flexibility index (Phi) is 5.66. The van der Waals surface area contributed by atoms with Crippen molar-refractivity contribution in [2.75, 3.05) is 25.4 Å². The van der Waals surface area contributed by atoms with Crippen molar-refractivity contribution in [3.63, 3.8) is 0 Å². The molecular formula is C14H20F2N2O2S. The number of benzene rings is 1. The molecule has 0 unspecified atom stereocenters. The monoisotopic (exact) mass is 318 g/mol. The Hall–Kier alpha value is -1.05. The van der Waals surface area contributed by atoms with Crippen LogP contribution in [0.5, 0.6) is 0 Å². The van der Waals surface area contributed by atoms with Crippen molar-refractivity contribution in [1.82, 2.24) is 10.0 Å². The Balaban J connectivity index is 1.81. The molecule has 7 heteroatoms. The number of halogens is 2. The quantitative estimate of drug-likeness (QED) is 0.834. The summed E-state index contributed by atoms with van der Waals surface area (Å²) in [7, 11) is -3.34. The fourth-order valence-electron chi connectivity index (χ4n) is 2.52. The molecule has 118 valence electrons. The smallest absolute Gasteiger partial charge is 0.211 e. The topological polar surface area (TPSA) is 58.2 Å². The fraction of sp³-hybridized carbons (Fsp3) is 0.571. The Morgan fingerprint density at radius 2 is 1.76 bits per heavy atom. The van der Waals surface area contributed by atoms with Crippen molar-refractivity contribution in [3.05, 3.63) is 35.4 Å². The van der Waals surface area contributed by atoms with Gasteiger partial charge in [-0.15, -0.1) is 0 Å². The van der Waals surface area contributed by atoms with Gasteiger partial charge in [0.25, 0.3) is 0 Å². The van der Waals surface area contributed by atoms with Gasteiger partial charge in [0.15, 0.2) is 0 Å². The molecule has 1 aromatic carbocycles. The molecule has 1 fully saturated rings. The van der Waals surface area contributed by atoms with Gasteiger partial charge < -0.3 is 5.32 Å². The van der Waals surface area contributed by atoms with Gasteiger partial charge in [0, 0.05) is 12.6 Å². The molecule has 2 N–H and O–H groups in total. The van der Waals surface area contributed by atoms with Gasteiger partial charge >= 0.3 is 0 Å². The van der Waals surface area contributed by atoms with E-state index in [1.807, 2.05) is 0 Å². The molecule has 0 saturated carbocycles. The molecule has 1 aliphatic rings. The fourth-order valence-corrected chi connectivity index (χ4v) is 4.01. The van der Waals surface area contributed by atoms with Crippen molar-refractivity contribution in [2.45, 2.75) is 19.3 Å². The minimum absolute atomic E-state index is 0.117. The van der Waals surface area contributed by atoms with Gasteiger partial charge in [-0.05, 0) is 56.0 Å². The highest BCUT2D eigenvalue weighted by Crippen LogP contribution is 2.13. The molecule has 0 radical (unpaired) electrons. The Labute approximate surface area is 124 Å². The lowest BCUT2D eigenvalue weighted by Crippen LogP contribution is -2.36.